The van der Waals surface area contributed by atoms with Crippen molar-refractivity contribution in [2.45, 2.75) is 11.8 Å². The third-order valence-corrected chi connectivity index (χ3v) is 5.22. The number of aromatic carboxylic acids is 1. The van der Waals surface area contributed by atoms with E-state index in [1.807, 2.05) is 0 Å². The molecule has 0 unspecified atom stereocenters. The lowest BCUT2D eigenvalue weighted by Crippen LogP contribution is -2.38. The van der Waals surface area contributed by atoms with Crippen molar-refractivity contribution in [2.24, 2.45) is 5.73 Å². The first-order valence-electron chi connectivity index (χ1n) is 5.62. The van der Waals surface area contributed by atoms with E-state index in [9.17, 15) is 18.0 Å². The monoisotopic (exact) mass is 354 g/mol. The molecule has 0 radical (unpaired) electrons. The molecule has 0 bridgehead atoms. The van der Waals surface area contributed by atoms with Crippen LogP contribution in [0, 0.1) is 0 Å². The Hall–Kier alpha value is -1.35. The number of carboxylic acids is 1. The van der Waals surface area contributed by atoms with Crippen molar-refractivity contribution in [3.05, 3.63) is 27.7 Å². The van der Waals surface area contributed by atoms with Gasteiger partial charge < -0.3 is 10.8 Å². The number of halogens is 2. The Balaban J connectivity index is 3.50. The van der Waals surface area contributed by atoms with E-state index in [-0.39, 0.29) is 11.6 Å². The predicted molar refractivity (Wildman–Crippen MR) is 77.0 cm³/mol. The van der Waals surface area contributed by atoms with Crippen LogP contribution in [0.3, 0.4) is 0 Å². The van der Waals surface area contributed by atoms with Gasteiger partial charge in [-0.15, -0.1) is 0 Å². The molecule has 1 amide bonds. The zero-order valence-corrected chi connectivity index (χ0v) is 13.2. The molecule has 3 N–H and O–H groups in total. The first-order chi connectivity index (χ1) is 9.61. The van der Waals surface area contributed by atoms with Crippen LogP contribution in [0.2, 0.25) is 10.0 Å². The van der Waals surface area contributed by atoms with Crippen LogP contribution in [-0.2, 0) is 14.8 Å². The molecule has 0 heterocycles. The second-order valence-electron chi connectivity index (χ2n) is 3.97. The maximum absolute atomic E-state index is 12.4. The normalized spacial score (nSPS) is 11.6. The highest BCUT2D eigenvalue weighted by molar-refractivity contribution is 7.89. The topological polar surface area (TPSA) is 118 Å². The summed E-state index contributed by atoms with van der Waals surface area (Å²) in [6.45, 7) is 0.900. The largest absolute Gasteiger partial charge is 0.478 e. The van der Waals surface area contributed by atoms with E-state index in [4.69, 9.17) is 34.0 Å². The standard InChI is InChI=1S/C11H12Cl2N2O5S/c1-2-15(5-9(14)16)21(19,20)8-4-6(12)3-7(10(8)13)11(17)18/h3-4H,2,5H2,1H3,(H2,14,16)(H,17,18). The van der Waals surface area contributed by atoms with Crippen LogP contribution < -0.4 is 5.73 Å². The minimum Gasteiger partial charge on any atom is -0.478 e. The molecule has 1 aromatic rings. The van der Waals surface area contributed by atoms with Crippen LogP contribution in [0.1, 0.15) is 17.3 Å². The molecule has 7 nitrogen and oxygen atoms in total. The van der Waals surface area contributed by atoms with Gasteiger partial charge in [0.15, 0.2) is 0 Å². The number of likely N-dealkylation sites (N-methyl/N-ethyl adjacent to an activating group) is 1. The third kappa shape index (κ3) is 3.85. The van der Waals surface area contributed by atoms with Crippen molar-refractivity contribution in [3.8, 4) is 0 Å². The summed E-state index contributed by atoms with van der Waals surface area (Å²) in [4.78, 5) is 21.5. The summed E-state index contributed by atoms with van der Waals surface area (Å²) in [5.74, 6) is -2.27. The summed E-state index contributed by atoms with van der Waals surface area (Å²) in [5.41, 5.74) is 4.55. The van der Waals surface area contributed by atoms with Crippen molar-refractivity contribution in [1.82, 2.24) is 4.31 Å². The fourth-order valence-electron chi connectivity index (χ4n) is 1.59. The van der Waals surface area contributed by atoms with Gasteiger partial charge in [0, 0.05) is 11.6 Å². The van der Waals surface area contributed by atoms with Gasteiger partial charge in [0.25, 0.3) is 0 Å². The van der Waals surface area contributed by atoms with Gasteiger partial charge in [0.1, 0.15) is 4.90 Å². The van der Waals surface area contributed by atoms with Crippen LogP contribution >= 0.6 is 23.2 Å². The molecule has 1 rings (SSSR count). The van der Waals surface area contributed by atoms with E-state index in [1.165, 1.54) is 6.92 Å². The summed E-state index contributed by atoms with van der Waals surface area (Å²) in [5, 5.41) is 8.41. The van der Waals surface area contributed by atoms with Crippen molar-refractivity contribution in [3.63, 3.8) is 0 Å². The van der Waals surface area contributed by atoms with Gasteiger partial charge in [-0.3, -0.25) is 4.79 Å². The number of nitrogens with two attached hydrogens (primary N) is 1. The summed E-state index contributed by atoms with van der Waals surface area (Å²) < 4.78 is 25.6. The highest BCUT2D eigenvalue weighted by atomic mass is 35.5. The first kappa shape index (κ1) is 17.7. The molecule has 0 aliphatic rings. The van der Waals surface area contributed by atoms with Gasteiger partial charge in [0.2, 0.25) is 15.9 Å². The number of carbonyl (C=O) groups excluding carboxylic acids is 1. The first-order valence-corrected chi connectivity index (χ1v) is 7.81. The molecule has 0 saturated carbocycles. The zero-order valence-electron chi connectivity index (χ0n) is 10.8. The van der Waals surface area contributed by atoms with Crippen molar-refractivity contribution < 1.29 is 23.1 Å². The molecular weight excluding hydrogens is 343 g/mol. The number of benzene rings is 1. The van der Waals surface area contributed by atoms with Gasteiger partial charge in [-0.05, 0) is 12.1 Å². The lowest BCUT2D eigenvalue weighted by molar-refractivity contribution is -0.118. The Bertz CT molecular complexity index is 690. The van der Waals surface area contributed by atoms with E-state index in [0.29, 0.717) is 0 Å². The molecule has 1 aromatic carbocycles. The minimum absolute atomic E-state index is 0.0451. The van der Waals surface area contributed by atoms with Crippen LogP contribution in [0.15, 0.2) is 17.0 Å². The Kier molecular flexibility index (Phi) is 5.57. The second kappa shape index (κ2) is 6.61. The van der Waals surface area contributed by atoms with Gasteiger partial charge in [-0.2, -0.15) is 4.31 Å². The van der Waals surface area contributed by atoms with Crippen molar-refractivity contribution in [1.29, 1.82) is 0 Å². The fourth-order valence-corrected chi connectivity index (χ4v) is 3.88. The lowest BCUT2D eigenvalue weighted by Gasteiger charge is -2.20. The quantitative estimate of drug-likeness (QED) is 0.795. The average Bonchev–Trinajstić information content (AvgIpc) is 2.37. The minimum atomic E-state index is -4.20. The van der Waals surface area contributed by atoms with Crippen LogP contribution in [0.5, 0.6) is 0 Å². The number of carboxylic acid groups (broad SMARTS) is 1. The molecule has 0 spiro atoms. The molecule has 0 fully saturated rings. The molecular formula is C11H12Cl2N2O5S. The van der Waals surface area contributed by atoms with Gasteiger partial charge in [-0.25, -0.2) is 13.2 Å². The SMILES string of the molecule is CCN(CC(N)=O)S(=O)(=O)c1cc(Cl)cc(C(=O)O)c1Cl. The molecule has 116 valence electrons. The van der Waals surface area contributed by atoms with Gasteiger partial charge >= 0.3 is 5.97 Å². The van der Waals surface area contributed by atoms with Crippen LogP contribution in [-0.4, -0.2) is 42.8 Å². The number of hydrogen-bond acceptors (Lipinski definition) is 4. The molecule has 21 heavy (non-hydrogen) atoms. The van der Waals surface area contributed by atoms with Crippen LogP contribution in [0.25, 0.3) is 0 Å². The number of carbonyl (C=O) groups is 2. The smallest absolute Gasteiger partial charge is 0.337 e. The second-order valence-corrected chi connectivity index (χ2v) is 6.69. The van der Waals surface area contributed by atoms with E-state index >= 15 is 0 Å². The van der Waals surface area contributed by atoms with Crippen LogP contribution in [0.4, 0.5) is 0 Å². The van der Waals surface area contributed by atoms with Crippen molar-refractivity contribution in [2.75, 3.05) is 13.1 Å². The number of sulfonamides is 1. The maximum Gasteiger partial charge on any atom is 0.337 e. The van der Waals surface area contributed by atoms with Gasteiger partial charge in [-0.1, -0.05) is 30.1 Å². The Morgan fingerprint density at radius 3 is 2.33 bits per heavy atom. The van der Waals surface area contributed by atoms with E-state index in [0.717, 1.165) is 16.4 Å². The third-order valence-electron chi connectivity index (χ3n) is 2.54. The van der Waals surface area contributed by atoms with Gasteiger partial charge in [0.05, 0.1) is 17.1 Å². The summed E-state index contributed by atoms with van der Waals surface area (Å²) >= 11 is 11.6. The number of hydrogen-bond donors (Lipinski definition) is 2. The summed E-state index contributed by atoms with van der Waals surface area (Å²) in [7, 11) is -4.20. The predicted octanol–water partition coefficient (Wildman–Crippen LogP) is 1.19. The Labute approximate surface area is 131 Å². The number of nitrogens with zero attached hydrogens (tertiary/aromatic N) is 1. The van der Waals surface area contributed by atoms with Crippen molar-refractivity contribution >= 4 is 45.1 Å². The van der Waals surface area contributed by atoms with E-state index in [2.05, 4.69) is 0 Å². The fraction of sp³-hybridized carbons (Fsp3) is 0.273. The highest BCUT2D eigenvalue weighted by Gasteiger charge is 2.29. The Morgan fingerprint density at radius 1 is 1.33 bits per heavy atom. The number of amides is 1. The lowest BCUT2D eigenvalue weighted by atomic mass is 10.2. The highest BCUT2D eigenvalue weighted by Crippen LogP contribution is 2.31. The van der Waals surface area contributed by atoms with E-state index < -0.39 is 43.9 Å². The maximum atomic E-state index is 12.4. The molecule has 0 aliphatic heterocycles. The summed E-state index contributed by atoms with van der Waals surface area (Å²) in [6, 6.07) is 2.06. The zero-order chi connectivity index (χ0) is 16.4. The molecule has 0 atom stereocenters. The number of rotatable bonds is 6. The molecule has 0 aliphatic carbocycles. The molecule has 10 heteroatoms. The van der Waals surface area contributed by atoms with E-state index in [1.54, 1.807) is 0 Å². The number of primary amides is 1. The Morgan fingerprint density at radius 2 is 1.90 bits per heavy atom. The molecule has 0 saturated heterocycles. The molecule has 0 aromatic heterocycles. The average molecular weight is 355 g/mol. The summed E-state index contributed by atoms with van der Waals surface area (Å²) in [6.07, 6.45) is 0.